The minimum absolute atomic E-state index is 0.149. The summed E-state index contributed by atoms with van der Waals surface area (Å²) in [5.41, 5.74) is 0. The number of nitrogens with one attached hydrogen (secondary N) is 1. The molecule has 1 aromatic heterocycles. The van der Waals surface area contributed by atoms with Crippen molar-refractivity contribution in [2.75, 3.05) is 6.61 Å². The molecule has 13 heavy (non-hydrogen) atoms. The van der Waals surface area contributed by atoms with Gasteiger partial charge in [-0.25, -0.2) is 0 Å². The summed E-state index contributed by atoms with van der Waals surface area (Å²) in [6.07, 6.45) is 0. The maximum atomic E-state index is 8.87. The molecule has 0 saturated heterocycles. The van der Waals surface area contributed by atoms with Crippen LogP contribution in [0.3, 0.4) is 0 Å². The number of rotatable bonds is 4. The van der Waals surface area contributed by atoms with Gasteiger partial charge in [0.05, 0.1) is 10.4 Å². The lowest BCUT2D eigenvalue weighted by atomic mass is 10.2. The lowest BCUT2D eigenvalue weighted by Crippen LogP contribution is -2.31. The topological polar surface area (TPSA) is 32.3 Å². The SMILES string of the molecule is CC(N[C@@H](C)CO)c1ccc(Br)s1. The molecule has 0 spiro atoms. The van der Waals surface area contributed by atoms with E-state index in [0.29, 0.717) is 6.04 Å². The summed E-state index contributed by atoms with van der Waals surface area (Å²) >= 11 is 5.15. The van der Waals surface area contributed by atoms with E-state index in [-0.39, 0.29) is 12.6 Å². The molecular weight excluding hydrogens is 250 g/mol. The molecule has 0 aliphatic heterocycles. The smallest absolute Gasteiger partial charge is 0.0701 e. The number of aliphatic hydroxyl groups excluding tert-OH is 1. The van der Waals surface area contributed by atoms with Crippen molar-refractivity contribution in [3.05, 3.63) is 20.8 Å². The van der Waals surface area contributed by atoms with Gasteiger partial charge in [0.25, 0.3) is 0 Å². The molecule has 0 radical (unpaired) electrons. The summed E-state index contributed by atoms with van der Waals surface area (Å²) < 4.78 is 1.15. The molecule has 0 aliphatic carbocycles. The third kappa shape index (κ3) is 3.38. The average molecular weight is 264 g/mol. The summed E-state index contributed by atoms with van der Waals surface area (Å²) in [5.74, 6) is 0. The molecular formula is C9H14BrNOS. The molecule has 1 rings (SSSR count). The molecule has 0 aromatic carbocycles. The first-order chi connectivity index (χ1) is 6.13. The lowest BCUT2D eigenvalue weighted by Gasteiger charge is -2.16. The fourth-order valence-corrected chi connectivity index (χ4v) is 2.56. The van der Waals surface area contributed by atoms with Gasteiger partial charge in [0.15, 0.2) is 0 Å². The summed E-state index contributed by atoms with van der Waals surface area (Å²) in [6, 6.07) is 4.59. The summed E-state index contributed by atoms with van der Waals surface area (Å²) in [4.78, 5) is 1.28. The minimum Gasteiger partial charge on any atom is -0.395 e. The highest BCUT2D eigenvalue weighted by atomic mass is 79.9. The maximum Gasteiger partial charge on any atom is 0.0701 e. The van der Waals surface area contributed by atoms with Crippen LogP contribution in [0.15, 0.2) is 15.9 Å². The summed E-state index contributed by atoms with van der Waals surface area (Å²) in [7, 11) is 0. The standard InChI is InChI=1S/C9H14BrNOS/c1-6(5-12)11-7(2)8-3-4-9(10)13-8/h3-4,6-7,11-12H,5H2,1-2H3/t6-,7?/m0/s1. The molecule has 4 heteroatoms. The third-order valence-corrected chi connectivity index (χ3v) is 3.64. The van der Waals surface area contributed by atoms with Gasteiger partial charge >= 0.3 is 0 Å². The van der Waals surface area contributed by atoms with Crippen molar-refractivity contribution >= 4 is 27.3 Å². The zero-order valence-electron chi connectivity index (χ0n) is 7.75. The van der Waals surface area contributed by atoms with E-state index in [1.54, 1.807) is 11.3 Å². The lowest BCUT2D eigenvalue weighted by molar-refractivity contribution is 0.243. The Labute approximate surface area is 91.1 Å². The molecule has 0 aliphatic rings. The number of thiophene rings is 1. The van der Waals surface area contributed by atoms with Crippen molar-refractivity contribution in [2.24, 2.45) is 0 Å². The summed E-state index contributed by atoms with van der Waals surface area (Å²) in [6.45, 7) is 4.25. The molecule has 2 atom stereocenters. The van der Waals surface area contributed by atoms with Crippen LogP contribution in [-0.2, 0) is 0 Å². The molecule has 1 aromatic rings. The van der Waals surface area contributed by atoms with E-state index in [1.807, 2.05) is 13.0 Å². The van der Waals surface area contributed by atoms with Gasteiger partial charge in [-0.1, -0.05) is 0 Å². The maximum absolute atomic E-state index is 8.87. The summed E-state index contributed by atoms with van der Waals surface area (Å²) in [5, 5.41) is 12.2. The third-order valence-electron chi connectivity index (χ3n) is 1.83. The van der Waals surface area contributed by atoms with Gasteiger partial charge in [0.2, 0.25) is 0 Å². The molecule has 1 unspecified atom stereocenters. The second-order valence-electron chi connectivity index (χ2n) is 3.11. The van der Waals surface area contributed by atoms with Crippen molar-refractivity contribution in [3.8, 4) is 0 Å². The van der Waals surface area contributed by atoms with E-state index < -0.39 is 0 Å². The Balaban J connectivity index is 2.53. The van der Waals surface area contributed by atoms with E-state index in [4.69, 9.17) is 5.11 Å². The molecule has 2 nitrogen and oxygen atoms in total. The van der Waals surface area contributed by atoms with Gasteiger partial charge in [-0.3, -0.25) is 0 Å². The normalized spacial score (nSPS) is 15.7. The Kier molecular flexibility index (Phi) is 4.38. The fraction of sp³-hybridized carbons (Fsp3) is 0.556. The van der Waals surface area contributed by atoms with E-state index in [9.17, 15) is 0 Å². The van der Waals surface area contributed by atoms with Crippen molar-refractivity contribution in [2.45, 2.75) is 25.9 Å². The highest BCUT2D eigenvalue weighted by Crippen LogP contribution is 2.27. The van der Waals surface area contributed by atoms with Crippen LogP contribution in [0.4, 0.5) is 0 Å². The van der Waals surface area contributed by atoms with Gasteiger partial charge in [-0.2, -0.15) is 0 Å². The largest absolute Gasteiger partial charge is 0.395 e. The van der Waals surface area contributed by atoms with Crippen molar-refractivity contribution in [1.82, 2.24) is 5.32 Å². The van der Waals surface area contributed by atoms with Crippen LogP contribution in [0.2, 0.25) is 0 Å². The van der Waals surface area contributed by atoms with E-state index in [2.05, 4.69) is 34.2 Å². The predicted octanol–water partition coefficient (Wildman–Crippen LogP) is 2.54. The van der Waals surface area contributed by atoms with Gasteiger partial charge in [-0.15, -0.1) is 11.3 Å². The van der Waals surface area contributed by atoms with Crippen LogP contribution >= 0.6 is 27.3 Å². The second-order valence-corrected chi connectivity index (χ2v) is 5.61. The molecule has 2 N–H and O–H groups in total. The minimum atomic E-state index is 0.149. The van der Waals surface area contributed by atoms with Crippen LogP contribution in [-0.4, -0.2) is 17.8 Å². The Morgan fingerprint density at radius 1 is 1.54 bits per heavy atom. The molecule has 1 heterocycles. The highest BCUT2D eigenvalue weighted by Gasteiger charge is 2.10. The van der Waals surface area contributed by atoms with E-state index in [1.165, 1.54) is 4.88 Å². The molecule has 0 bridgehead atoms. The van der Waals surface area contributed by atoms with Crippen LogP contribution in [0.25, 0.3) is 0 Å². The number of halogens is 1. The molecule has 0 fully saturated rings. The number of hydrogen-bond acceptors (Lipinski definition) is 3. The Hall–Kier alpha value is 0.1000. The van der Waals surface area contributed by atoms with Crippen LogP contribution in [0.1, 0.15) is 24.8 Å². The average Bonchev–Trinajstić information content (AvgIpc) is 2.51. The first-order valence-electron chi connectivity index (χ1n) is 4.25. The zero-order valence-corrected chi connectivity index (χ0v) is 10.2. The number of hydrogen-bond donors (Lipinski definition) is 2. The first-order valence-corrected chi connectivity index (χ1v) is 5.86. The quantitative estimate of drug-likeness (QED) is 0.876. The van der Waals surface area contributed by atoms with Crippen LogP contribution in [0.5, 0.6) is 0 Å². The van der Waals surface area contributed by atoms with Gasteiger partial charge < -0.3 is 10.4 Å². The molecule has 74 valence electrons. The van der Waals surface area contributed by atoms with Gasteiger partial charge in [0.1, 0.15) is 0 Å². The van der Waals surface area contributed by atoms with Gasteiger partial charge in [0, 0.05) is 17.0 Å². The van der Waals surface area contributed by atoms with Crippen LogP contribution in [0, 0.1) is 0 Å². The van der Waals surface area contributed by atoms with Crippen molar-refractivity contribution < 1.29 is 5.11 Å². The fourth-order valence-electron chi connectivity index (χ4n) is 1.12. The van der Waals surface area contributed by atoms with Crippen molar-refractivity contribution in [1.29, 1.82) is 0 Å². The number of aliphatic hydroxyl groups is 1. The van der Waals surface area contributed by atoms with E-state index in [0.717, 1.165) is 3.79 Å². The Morgan fingerprint density at radius 3 is 2.69 bits per heavy atom. The molecule has 0 saturated carbocycles. The Bertz CT molecular complexity index is 264. The van der Waals surface area contributed by atoms with Crippen LogP contribution < -0.4 is 5.32 Å². The van der Waals surface area contributed by atoms with E-state index >= 15 is 0 Å². The molecule has 0 amide bonds. The monoisotopic (exact) mass is 263 g/mol. The highest BCUT2D eigenvalue weighted by molar-refractivity contribution is 9.11. The van der Waals surface area contributed by atoms with Crippen molar-refractivity contribution in [3.63, 3.8) is 0 Å². The second kappa shape index (κ2) is 5.10. The zero-order chi connectivity index (χ0) is 9.84. The predicted molar refractivity (Wildman–Crippen MR) is 60.1 cm³/mol. The Morgan fingerprint density at radius 2 is 2.23 bits per heavy atom. The van der Waals surface area contributed by atoms with Gasteiger partial charge in [-0.05, 0) is 41.9 Å². The first kappa shape index (κ1) is 11.2.